The maximum atomic E-state index is 12.9. The maximum Gasteiger partial charge on any atom is 0.305 e. The molecule has 0 aromatic heterocycles. The number of piperazine rings is 1. The van der Waals surface area contributed by atoms with E-state index in [1.54, 1.807) is 12.1 Å². The van der Waals surface area contributed by atoms with Crippen molar-refractivity contribution in [1.82, 2.24) is 9.80 Å². The number of carbonyl (C=O) groups is 2. The molecule has 1 heterocycles. The summed E-state index contributed by atoms with van der Waals surface area (Å²) in [5, 5.41) is 9.38. The van der Waals surface area contributed by atoms with Gasteiger partial charge in [0.1, 0.15) is 0 Å². The van der Waals surface area contributed by atoms with Crippen molar-refractivity contribution in [2.45, 2.75) is 32.0 Å². The van der Waals surface area contributed by atoms with Crippen LogP contribution in [0.15, 0.2) is 60.7 Å². The summed E-state index contributed by atoms with van der Waals surface area (Å²) in [6.45, 7) is 3.90. The third-order valence-electron chi connectivity index (χ3n) is 5.04. The normalized spacial score (nSPS) is 20.7. The van der Waals surface area contributed by atoms with Crippen LogP contribution in [0.3, 0.4) is 0 Å². The van der Waals surface area contributed by atoms with E-state index < -0.39 is 5.97 Å². The molecule has 0 unspecified atom stereocenters. The smallest absolute Gasteiger partial charge is 0.305 e. The Bertz CT molecular complexity index is 748. The van der Waals surface area contributed by atoms with Crippen molar-refractivity contribution in [2.24, 2.45) is 0 Å². The van der Waals surface area contributed by atoms with Crippen LogP contribution in [0.4, 0.5) is 0 Å². The summed E-state index contributed by atoms with van der Waals surface area (Å²) >= 11 is 0. The highest BCUT2D eigenvalue weighted by Gasteiger charge is 2.37. The number of amides is 1. The van der Waals surface area contributed by atoms with Gasteiger partial charge >= 0.3 is 5.97 Å². The van der Waals surface area contributed by atoms with Crippen LogP contribution in [-0.4, -0.2) is 52.0 Å². The molecule has 26 heavy (non-hydrogen) atoms. The molecular formula is C21H24N2O3. The fraction of sp³-hybridized carbons (Fsp3) is 0.333. The van der Waals surface area contributed by atoms with Gasteiger partial charge in [-0.15, -0.1) is 0 Å². The van der Waals surface area contributed by atoms with Crippen molar-refractivity contribution >= 4 is 11.9 Å². The number of rotatable bonds is 5. The minimum absolute atomic E-state index is 0.0204. The number of carboxylic acids is 1. The van der Waals surface area contributed by atoms with E-state index in [0.717, 1.165) is 5.56 Å². The predicted octanol–water partition coefficient (Wildman–Crippen LogP) is 2.88. The first-order valence-corrected chi connectivity index (χ1v) is 8.92. The van der Waals surface area contributed by atoms with Crippen molar-refractivity contribution in [3.05, 3.63) is 71.8 Å². The molecule has 0 spiro atoms. The Morgan fingerprint density at radius 3 is 2.23 bits per heavy atom. The Morgan fingerprint density at radius 1 is 1.00 bits per heavy atom. The number of benzene rings is 2. The second-order valence-corrected chi connectivity index (χ2v) is 6.73. The second kappa shape index (κ2) is 8.15. The third-order valence-corrected chi connectivity index (χ3v) is 5.04. The lowest BCUT2D eigenvalue weighted by atomic mass is 9.97. The van der Waals surface area contributed by atoms with Gasteiger partial charge in [0.05, 0.1) is 6.42 Å². The van der Waals surface area contributed by atoms with Gasteiger partial charge in [-0.1, -0.05) is 48.5 Å². The van der Waals surface area contributed by atoms with Gasteiger partial charge in [0.25, 0.3) is 5.91 Å². The van der Waals surface area contributed by atoms with Crippen LogP contribution in [0, 0.1) is 0 Å². The average molecular weight is 352 g/mol. The monoisotopic (exact) mass is 352 g/mol. The molecule has 1 saturated heterocycles. The summed E-state index contributed by atoms with van der Waals surface area (Å²) in [7, 11) is 0. The Hall–Kier alpha value is -2.66. The molecule has 5 nitrogen and oxygen atoms in total. The van der Waals surface area contributed by atoms with Crippen LogP contribution in [-0.2, 0) is 11.3 Å². The lowest BCUT2D eigenvalue weighted by Crippen LogP contribution is -2.60. The van der Waals surface area contributed by atoms with Gasteiger partial charge in [0.2, 0.25) is 0 Å². The molecule has 0 radical (unpaired) electrons. The van der Waals surface area contributed by atoms with Crippen LogP contribution < -0.4 is 0 Å². The molecule has 3 rings (SSSR count). The highest BCUT2D eigenvalue weighted by Crippen LogP contribution is 2.24. The summed E-state index contributed by atoms with van der Waals surface area (Å²) in [6.07, 6.45) is 0.0204. The summed E-state index contributed by atoms with van der Waals surface area (Å²) in [5.41, 5.74) is 1.79. The molecule has 2 aromatic carbocycles. The van der Waals surface area contributed by atoms with E-state index in [2.05, 4.69) is 4.90 Å². The fourth-order valence-corrected chi connectivity index (χ4v) is 3.64. The summed E-state index contributed by atoms with van der Waals surface area (Å²) in [5.74, 6) is -0.873. The van der Waals surface area contributed by atoms with Crippen molar-refractivity contribution < 1.29 is 14.7 Å². The van der Waals surface area contributed by atoms with Crippen molar-refractivity contribution in [3.8, 4) is 0 Å². The molecule has 2 aromatic rings. The molecule has 0 saturated carbocycles. The molecule has 1 N–H and O–H groups in total. The number of aliphatic carboxylic acids is 1. The van der Waals surface area contributed by atoms with E-state index in [9.17, 15) is 14.7 Å². The fourth-order valence-electron chi connectivity index (χ4n) is 3.64. The number of hydrogen-bond acceptors (Lipinski definition) is 3. The van der Waals surface area contributed by atoms with E-state index in [0.29, 0.717) is 25.2 Å². The van der Waals surface area contributed by atoms with Crippen LogP contribution in [0.1, 0.15) is 29.3 Å². The van der Waals surface area contributed by atoms with Crippen LogP contribution in [0.25, 0.3) is 0 Å². The molecule has 136 valence electrons. The van der Waals surface area contributed by atoms with Gasteiger partial charge < -0.3 is 10.0 Å². The lowest BCUT2D eigenvalue weighted by Gasteiger charge is -2.46. The van der Waals surface area contributed by atoms with Crippen molar-refractivity contribution in [1.29, 1.82) is 0 Å². The standard InChI is InChI=1S/C21H24N2O3/c1-16-19(14-20(24)25)22(15-17-8-4-2-5-9-17)12-13-23(16)21(26)18-10-6-3-7-11-18/h2-11,16,19H,12-15H2,1H3,(H,24,25)/t16-,19-/m0/s1. The Morgan fingerprint density at radius 2 is 1.62 bits per heavy atom. The van der Waals surface area contributed by atoms with Crippen LogP contribution in [0.2, 0.25) is 0 Å². The zero-order chi connectivity index (χ0) is 18.5. The van der Waals surface area contributed by atoms with Gasteiger partial charge in [0, 0.05) is 37.3 Å². The first-order valence-electron chi connectivity index (χ1n) is 8.92. The van der Waals surface area contributed by atoms with Crippen molar-refractivity contribution in [2.75, 3.05) is 13.1 Å². The zero-order valence-corrected chi connectivity index (χ0v) is 14.9. The number of hydrogen-bond donors (Lipinski definition) is 1. The number of carboxylic acid groups (broad SMARTS) is 1. The molecule has 2 atom stereocenters. The SMILES string of the molecule is C[C@H]1[C@H](CC(=O)O)N(Cc2ccccc2)CCN1C(=O)c1ccccc1. The van der Waals surface area contributed by atoms with E-state index in [4.69, 9.17) is 0 Å². The molecule has 1 aliphatic rings. The third kappa shape index (κ3) is 4.11. The number of nitrogens with zero attached hydrogens (tertiary/aromatic N) is 2. The Labute approximate surface area is 153 Å². The first-order chi connectivity index (χ1) is 12.6. The quantitative estimate of drug-likeness (QED) is 0.899. The molecular weight excluding hydrogens is 328 g/mol. The molecule has 1 aliphatic heterocycles. The minimum Gasteiger partial charge on any atom is -0.481 e. The number of carbonyl (C=O) groups excluding carboxylic acids is 1. The molecule has 0 bridgehead atoms. The summed E-state index contributed by atoms with van der Waals surface area (Å²) < 4.78 is 0. The lowest BCUT2D eigenvalue weighted by molar-refractivity contribution is -0.139. The van der Waals surface area contributed by atoms with E-state index >= 15 is 0 Å². The van der Waals surface area contributed by atoms with Gasteiger partial charge in [-0.25, -0.2) is 0 Å². The molecule has 0 aliphatic carbocycles. The van der Waals surface area contributed by atoms with E-state index in [-0.39, 0.29) is 24.4 Å². The maximum absolute atomic E-state index is 12.9. The van der Waals surface area contributed by atoms with Gasteiger partial charge in [-0.05, 0) is 24.6 Å². The highest BCUT2D eigenvalue weighted by molar-refractivity contribution is 5.94. The highest BCUT2D eigenvalue weighted by atomic mass is 16.4. The summed E-state index contributed by atoms with van der Waals surface area (Å²) in [6, 6.07) is 18.8. The minimum atomic E-state index is -0.839. The zero-order valence-electron chi connectivity index (χ0n) is 14.9. The Kier molecular flexibility index (Phi) is 5.68. The second-order valence-electron chi connectivity index (χ2n) is 6.73. The van der Waals surface area contributed by atoms with Crippen molar-refractivity contribution in [3.63, 3.8) is 0 Å². The van der Waals surface area contributed by atoms with Crippen LogP contribution in [0.5, 0.6) is 0 Å². The van der Waals surface area contributed by atoms with Gasteiger partial charge in [-0.2, -0.15) is 0 Å². The topological polar surface area (TPSA) is 60.9 Å². The van der Waals surface area contributed by atoms with Gasteiger partial charge in [0.15, 0.2) is 0 Å². The van der Waals surface area contributed by atoms with Crippen LogP contribution >= 0.6 is 0 Å². The largest absolute Gasteiger partial charge is 0.481 e. The first kappa shape index (κ1) is 18.1. The molecule has 5 heteroatoms. The predicted molar refractivity (Wildman–Crippen MR) is 99.8 cm³/mol. The molecule has 1 fully saturated rings. The van der Waals surface area contributed by atoms with Gasteiger partial charge in [-0.3, -0.25) is 14.5 Å². The molecule has 1 amide bonds. The Balaban J connectivity index is 1.79. The average Bonchev–Trinajstić information content (AvgIpc) is 2.65. The van der Waals surface area contributed by atoms with E-state index in [1.165, 1.54) is 0 Å². The summed E-state index contributed by atoms with van der Waals surface area (Å²) in [4.78, 5) is 28.3. The van der Waals surface area contributed by atoms with E-state index in [1.807, 2.05) is 60.4 Å².